The second kappa shape index (κ2) is 77.2. The minimum atomic E-state index is -4.96. The van der Waals surface area contributed by atoms with Crippen LogP contribution in [0.2, 0.25) is 0 Å². The molecule has 0 radical (unpaired) electrons. The third-order valence-electron chi connectivity index (χ3n) is 19.6. The first kappa shape index (κ1) is 100. The van der Waals surface area contributed by atoms with Gasteiger partial charge in [0, 0.05) is 25.7 Å². The number of ether oxygens (including phenoxy) is 4. The number of phosphoric ester groups is 2. The van der Waals surface area contributed by atoms with Gasteiger partial charge in [-0.15, -0.1) is 0 Å². The summed E-state index contributed by atoms with van der Waals surface area (Å²) >= 11 is 0. The van der Waals surface area contributed by atoms with E-state index in [1.54, 1.807) is 0 Å². The second-order valence-electron chi connectivity index (χ2n) is 29.9. The zero-order valence-electron chi connectivity index (χ0n) is 66.6. The van der Waals surface area contributed by atoms with Crippen LogP contribution in [0.15, 0.2) is 0 Å². The molecule has 0 aliphatic carbocycles. The van der Waals surface area contributed by atoms with Crippen molar-refractivity contribution in [3.8, 4) is 0 Å². The van der Waals surface area contributed by atoms with Gasteiger partial charge >= 0.3 is 39.5 Å². The summed E-state index contributed by atoms with van der Waals surface area (Å²) in [5.74, 6) is -2.10. The molecule has 0 aromatic heterocycles. The van der Waals surface area contributed by atoms with Crippen molar-refractivity contribution in [2.45, 2.75) is 470 Å². The smallest absolute Gasteiger partial charge is 0.462 e. The zero-order chi connectivity index (χ0) is 74.6. The molecular weight excluding hydrogens is 1330 g/mol. The summed E-state index contributed by atoms with van der Waals surface area (Å²) in [7, 11) is -9.92. The number of unbranched alkanes of at least 4 members (excludes halogenated alkanes) is 58. The number of aliphatic hydroxyl groups is 1. The molecule has 102 heavy (non-hydrogen) atoms. The summed E-state index contributed by atoms with van der Waals surface area (Å²) in [4.78, 5) is 73.0. The Labute approximate surface area is 626 Å². The molecule has 0 saturated heterocycles. The highest BCUT2D eigenvalue weighted by Gasteiger charge is 2.30. The van der Waals surface area contributed by atoms with E-state index in [0.717, 1.165) is 89.9 Å². The number of hydrogen-bond donors (Lipinski definition) is 3. The van der Waals surface area contributed by atoms with Gasteiger partial charge in [-0.3, -0.25) is 37.3 Å². The maximum absolute atomic E-state index is 13.1. The largest absolute Gasteiger partial charge is 0.472 e. The van der Waals surface area contributed by atoms with Crippen LogP contribution < -0.4 is 0 Å². The number of carbonyl (C=O) groups is 4. The van der Waals surface area contributed by atoms with E-state index < -0.39 is 97.5 Å². The van der Waals surface area contributed by atoms with Crippen LogP contribution in [0.25, 0.3) is 0 Å². The Morgan fingerprint density at radius 1 is 0.235 bits per heavy atom. The van der Waals surface area contributed by atoms with Crippen LogP contribution >= 0.6 is 15.6 Å². The number of esters is 4. The van der Waals surface area contributed by atoms with Crippen molar-refractivity contribution < 1.29 is 80.2 Å². The molecule has 0 bridgehead atoms. The van der Waals surface area contributed by atoms with Gasteiger partial charge in [-0.05, 0) is 25.7 Å². The molecule has 0 rings (SSSR count). The Hall–Kier alpha value is -1.94. The Kier molecular flexibility index (Phi) is 75.8. The van der Waals surface area contributed by atoms with Crippen molar-refractivity contribution in [1.82, 2.24) is 0 Å². The van der Waals surface area contributed by atoms with Gasteiger partial charge in [-0.1, -0.05) is 400 Å². The highest BCUT2D eigenvalue weighted by atomic mass is 31.2. The van der Waals surface area contributed by atoms with E-state index in [0.29, 0.717) is 25.7 Å². The van der Waals surface area contributed by atoms with Crippen LogP contribution in [0.1, 0.15) is 451 Å². The van der Waals surface area contributed by atoms with Gasteiger partial charge < -0.3 is 33.8 Å². The molecule has 606 valence electrons. The van der Waals surface area contributed by atoms with E-state index >= 15 is 0 Å². The highest BCUT2D eigenvalue weighted by molar-refractivity contribution is 7.47. The van der Waals surface area contributed by atoms with Gasteiger partial charge in [0.05, 0.1) is 26.4 Å². The molecule has 2 unspecified atom stereocenters. The number of hydrogen-bond acceptors (Lipinski definition) is 15. The summed E-state index contributed by atoms with van der Waals surface area (Å²) < 4.78 is 68.7. The average Bonchev–Trinajstić information content (AvgIpc) is 0.976. The Morgan fingerprint density at radius 2 is 0.392 bits per heavy atom. The molecule has 0 amide bonds. The topological polar surface area (TPSA) is 237 Å². The normalized spacial score (nSPS) is 13.8. The van der Waals surface area contributed by atoms with E-state index in [1.165, 1.54) is 283 Å². The predicted molar refractivity (Wildman–Crippen MR) is 419 cm³/mol. The predicted octanol–water partition coefficient (Wildman–Crippen LogP) is 25.4. The molecule has 0 aliphatic heterocycles. The van der Waals surface area contributed by atoms with Crippen LogP contribution in [0, 0.1) is 0 Å². The molecule has 0 saturated carbocycles. The van der Waals surface area contributed by atoms with Crippen LogP contribution in [0.5, 0.6) is 0 Å². The minimum absolute atomic E-state index is 0.109. The first-order valence-electron chi connectivity index (χ1n) is 43.3. The van der Waals surface area contributed by atoms with Crippen molar-refractivity contribution in [2.75, 3.05) is 39.6 Å². The van der Waals surface area contributed by atoms with Crippen molar-refractivity contribution in [3.63, 3.8) is 0 Å². The summed E-state index contributed by atoms with van der Waals surface area (Å²) in [6, 6.07) is 0. The first-order chi connectivity index (χ1) is 49.7. The second-order valence-corrected chi connectivity index (χ2v) is 32.8. The molecular formula is C83H162O17P2. The van der Waals surface area contributed by atoms with Crippen LogP contribution in [0.3, 0.4) is 0 Å². The lowest BCUT2D eigenvalue weighted by molar-refractivity contribution is -0.161. The molecule has 19 heteroatoms. The lowest BCUT2D eigenvalue weighted by atomic mass is 10.0. The highest BCUT2D eigenvalue weighted by Crippen LogP contribution is 2.45. The number of rotatable bonds is 84. The Bertz CT molecular complexity index is 1930. The summed E-state index contributed by atoms with van der Waals surface area (Å²) in [6.45, 7) is 5.02. The van der Waals surface area contributed by atoms with Crippen molar-refractivity contribution in [2.24, 2.45) is 0 Å². The fourth-order valence-corrected chi connectivity index (χ4v) is 14.6. The van der Waals surface area contributed by atoms with Gasteiger partial charge in [0.1, 0.15) is 19.3 Å². The lowest BCUT2D eigenvalue weighted by Gasteiger charge is -2.21. The van der Waals surface area contributed by atoms with E-state index in [4.69, 9.17) is 37.0 Å². The van der Waals surface area contributed by atoms with Crippen LogP contribution in [-0.4, -0.2) is 96.7 Å². The van der Waals surface area contributed by atoms with E-state index in [-0.39, 0.29) is 25.7 Å². The quantitative estimate of drug-likeness (QED) is 0.0222. The lowest BCUT2D eigenvalue weighted by Crippen LogP contribution is -2.30. The molecule has 3 N–H and O–H groups in total. The molecule has 5 atom stereocenters. The maximum atomic E-state index is 13.1. The van der Waals surface area contributed by atoms with E-state index in [9.17, 15) is 43.2 Å². The van der Waals surface area contributed by atoms with Crippen molar-refractivity contribution >= 4 is 39.5 Å². The SMILES string of the molecule is CCCCCCCCCCCCCCCCCCCCCCC(=O)O[C@H](COC(=O)CCCCCCCCCCCCCCCCCCCC)COP(=O)(O)OC[C@@H](O)COP(=O)(O)OC[C@@H](COC(=O)CCCCCCCCCC)OC(=O)CCCCCCCCCCCCCCCCCC. The number of aliphatic hydroxyl groups excluding tert-OH is 1. The van der Waals surface area contributed by atoms with Gasteiger partial charge in [-0.25, -0.2) is 9.13 Å². The monoisotopic (exact) mass is 1490 g/mol. The fraction of sp³-hybridized carbons (Fsp3) is 0.952. The third-order valence-corrected chi connectivity index (χ3v) is 21.5. The standard InChI is InChI=1S/C83H162O17P2/c1-5-9-13-17-21-25-28-31-34-37-39-40-42-45-48-51-54-58-62-66-70-83(88)100-79(74-94-81(86)68-64-60-56-52-49-46-44-41-38-35-32-29-26-22-18-14-10-6-2)76-98-102(91,92)96-72-77(84)71-95-101(89,90)97-75-78(73-93-80(85)67-63-59-55-24-20-16-12-8-4)99-82(87)69-65-61-57-53-50-47-43-36-33-30-27-23-19-15-11-7-3/h77-79,84H,5-76H2,1-4H3,(H,89,90)(H,91,92)/t77-,78+,79+/m0/s1. The van der Waals surface area contributed by atoms with E-state index in [1.807, 2.05) is 0 Å². The Morgan fingerprint density at radius 3 is 0.578 bits per heavy atom. The maximum Gasteiger partial charge on any atom is 0.472 e. The fourth-order valence-electron chi connectivity index (χ4n) is 13.0. The molecule has 0 heterocycles. The van der Waals surface area contributed by atoms with Crippen LogP contribution in [0.4, 0.5) is 0 Å². The van der Waals surface area contributed by atoms with Crippen molar-refractivity contribution in [3.05, 3.63) is 0 Å². The van der Waals surface area contributed by atoms with Gasteiger partial charge in [0.15, 0.2) is 12.2 Å². The number of carbonyl (C=O) groups excluding carboxylic acids is 4. The summed E-state index contributed by atoms with van der Waals surface area (Å²) in [5, 5.41) is 10.6. The summed E-state index contributed by atoms with van der Waals surface area (Å²) in [5.41, 5.74) is 0. The third kappa shape index (κ3) is 76.3. The molecule has 0 fully saturated rings. The Balaban J connectivity index is 5.19. The molecule has 17 nitrogen and oxygen atoms in total. The van der Waals surface area contributed by atoms with Crippen LogP contribution in [-0.2, 0) is 65.4 Å². The molecule has 0 aromatic carbocycles. The number of phosphoric acid groups is 2. The van der Waals surface area contributed by atoms with Gasteiger partial charge in [-0.2, -0.15) is 0 Å². The van der Waals surface area contributed by atoms with Gasteiger partial charge in [0.25, 0.3) is 0 Å². The van der Waals surface area contributed by atoms with Crippen molar-refractivity contribution in [1.29, 1.82) is 0 Å². The zero-order valence-corrected chi connectivity index (χ0v) is 68.4. The molecule has 0 aliphatic rings. The average molecular weight is 1490 g/mol. The van der Waals surface area contributed by atoms with Gasteiger partial charge in [0.2, 0.25) is 0 Å². The molecule has 0 spiro atoms. The molecule has 0 aromatic rings. The minimum Gasteiger partial charge on any atom is -0.462 e. The summed E-state index contributed by atoms with van der Waals surface area (Å²) in [6.07, 6.45) is 70.9. The van der Waals surface area contributed by atoms with E-state index in [2.05, 4.69) is 27.7 Å². The first-order valence-corrected chi connectivity index (χ1v) is 46.3.